The van der Waals surface area contributed by atoms with E-state index in [9.17, 15) is 19.7 Å². The number of nitrogens with zero attached hydrogens (tertiary/aromatic N) is 1. The fraction of sp³-hybridized carbons (Fsp3) is 0.481. The molecule has 3 rings (SSSR count). The maximum absolute atomic E-state index is 13.4. The van der Waals surface area contributed by atoms with Crippen LogP contribution in [-0.2, 0) is 25.7 Å². The second-order valence-electron chi connectivity index (χ2n) is 9.15. The first-order valence-corrected chi connectivity index (χ1v) is 12.3. The minimum absolute atomic E-state index is 0.0136. The summed E-state index contributed by atoms with van der Waals surface area (Å²) in [6.45, 7) is 4.36. The molecular weight excluding hydrogens is 462 g/mol. The van der Waals surface area contributed by atoms with Crippen molar-refractivity contribution in [2.75, 3.05) is 13.7 Å². The standard InChI is InChI=1S/C27H35N3O6/c1-4-18(2)26(36-17-19-11-7-5-8-12-19)22-24(27(32)28-16-15-21(31)35-3)29-23(25(22)30(33)34)20-13-9-6-10-14-20/h5-14,18,22-26,29H,4,15-17H2,1-3H3,(H,28,32)/t18-,22+,23-,24-,25-,26-/m0/s1. The molecule has 0 saturated carbocycles. The molecule has 0 spiro atoms. The molecule has 6 atom stereocenters. The molecule has 2 aromatic carbocycles. The average Bonchev–Trinajstić information content (AvgIpc) is 3.30. The van der Waals surface area contributed by atoms with E-state index in [4.69, 9.17) is 4.74 Å². The Morgan fingerprint density at radius 2 is 1.75 bits per heavy atom. The fourth-order valence-corrected chi connectivity index (χ4v) is 4.83. The van der Waals surface area contributed by atoms with Crippen molar-refractivity contribution in [2.24, 2.45) is 11.8 Å². The summed E-state index contributed by atoms with van der Waals surface area (Å²) >= 11 is 0. The Bertz CT molecular complexity index is 1000. The first-order chi connectivity index (χ1) is 17.4. The van der Waals surface area contributed by atoms with Crippen molar-refractivity contribution in [3.05, 3.63) is 81.9 Å². The van der Waals surface area contributed by atoms with E-state index in [2.05, 4.69) is 15.4 Å². The Balaban J connectivity index is 1.94. The van der Waals surface area contributed by atoms with E-state index < -0.39 is 42.0 Å². The summed E-state index contributed by atoms with van der Waals surface area (Å²) in [6.07, 6.45) is 0.190. The van der Waals surface area contributed by atoms with E-state index in [0.717, 1.165) is 17.5 Å². The SMILES string of the molecule is CC[C@H](C)[C@H](OCc1ccccc1)[C@H]1[C@H]([N+](=O)[O-])[C@H](c2ccccc2)N[C@@H]1C(=O)NCCC(=O)OC. The summed E-state index contributed by atoms with van der Waals surface area (Å²) in [6, 6.07) is 16.1. The predicted molar refractivity (Wildman–Crippen MR) is 134 cm³/mol. The molecule has 9 nitrogen and oxygen atoms in total. The van der Waals surface area contributed by atoms with Crippen LogP contribution < -0.4 is 10.6 Å². The predicted octanol–water partition coefficient (Wildman–Crippen LogP) is 3.27. The molecule has 1 fully saturated rings. The van der Waals surface area contributed by atoms with E-state index in [-0.39, 0.29) is 30.4 Å². The summed E-state index contributed by atoms with van der Waals surface area (Å²) in [5.41, 5.74) is 1.69. The maximum Gasteiger partial charge on any atom is 0.307 e. The Morgan fingerprint density at radius 3 is 2.33 bits per heavy atom. The van der Waals surface area contributed by atoms with Crippen molar-refractivity contribution in [3.63, 3.8) is 0 Å². The lowest BCUT2D eigenvalue weighted by atomic mass is 9.80. The van der Waals surface area contributed by atoms with E-state index in [0.29, 0.717) is 0 Å². The van der Waals surface area contributed by atoms with Gasteiger partial charge in [0.05, 0.1) is 38.2 Å². The van der Waals surface area contributed by atoms with Crippen molar-refractivity contribution in [3.8, 4) is 0 Å². The third-order valence-electron chi connectivity index (χ3n) is 6.89. The van der Waals surface area contributed by atoms with Crippen LogP contribution in [-0.4, -0.2) is 48.6 Å². The summed E-state index contributed by atoms with van der Waals surface area (Å²) in [7, 11) is 1.28. The lowest BCUT2D eigenvalue weighted by molar-refractivity contribution is -0.535. The molecule has 9 heteroatoms. The Kier molecular flexibility index (Phi) is 9.95. The van der Waals surface area contributed by atoms with Crippen molar-refractivity contribution in [1.82, 2.24) is 10.6 Å². The van der Waals surface area contributed by atoms with Gasteiger partial charge in [0.2, 0.25) is 11.9 Å². The van der Waals surface area contributed by atoms with Crippen molar-refractivity contribution in [1.29, 1.82) is 0 Å². The van der Waals surface area contributed by atoms with E-state index in [1.807, 2.05) is 74.5 Å². The van der Waals surface area contributed by atoms with Crippen LogP contribution in [0.25, 0.3) is 0 Å². The second-order valence-corrected chi connectivity index (χ2v) is 9.15. The minimum atomic E-state index is -1.08. The van der Waals surface area contributed by atoms with Crippen molar-refractivity contribution in [2.45, 2.75) is 57.5 Å². The van der Waals surface area contributed by atoms with Gasteiger partial charge in [0.25, 0.3) is 0 Å². The van der Waals surface area contributed by atoms with Crippen LogP contribution in [0.4, 0.5) is 0 Å². The van der Waals surface area contributed by atoms with Crippen LogP contribution in [0.3, 0.4) is 0 Å². The number of nitro groups is 1. The van der Waals surface area contributed by atoms with Crippen molar-refractivity contribution < 1.29 is 24.0 Å². The van der Waals surface area contributed by atoms with Gasteiger partial charge < -0.3 is 14.8 Å². The Hall–Kier alpha value is -3.30. The third kappa shape index (κ3) is 6.67. The molecule has 0 aromatic heterocycles. The Labute approximate surface area is 211 Å². The maximum atomic E-state index is 13.4. The molecule has 0 unspecified atom stereocenters. The smallest absolute Gasteiger partial charge is 0.307 e. The molecule has 1 heterocycles. The molecule has 36 heavy (non-hydrogen) atoms. The molecule has 2 N–H and O–H groups in total. The monoisotopic (exact) mass is 497 g/mol. The summed E-state index contributed by atoms with van der Waals surface area (Å²) in [4.78, 5) is 37.1. The summed E-state index contributed by atoms with van der Waals surface area (Å²) in [5.74, 6) is -1.61. The van der Waals surface area contributed by atoms with E-state index in [1.54, 1.807) is 0 Å². The van der Waals surface area contributed by atoms with Gasteiger partial charge in [-0.25, -0.2) is 0 Å². The Morgan fingerprint density at radius 1 is 1.11 bits per heavy atom. The molecular formula is C27H35N3O6. The number of nitrogens with one attached hydrogen (secondary N) is 2. The van der Waals surface area contributed by atoms with Crippen LogP contribution in [0.2, 0.25) is 0 Å². The molecule has 0 aliphatic carbocycles. The highest BCUT2D eigenvalue weighted by atomic mass is 16.6. The van der Waals surface area contributed by atoms with Gasteiger partial charge in [-0.3, -0.25) is 25.0 Å². The number of amides is 1. The normalized spacial score (nSPS) is 23.0. The fourth-order valence-electron chi connectivity index (χ4n) is 4.83. The molecule has 0 radical (unpaired) electrons. The molecule has 1 amide bonds. The van der Waals surface area contributed by atoms with Crippen LogP contribution in [0.15, 0.2) is 60.7 Å². The van der Waals surface area contributed by atoms with Crippen LogP contribution in [0, 0.1) is 22.0 Å². The summed E-state index contributed by atoms with van der Waals surface area (Å²) in [5, 5.41) is 18.5. The van der Waals surface area contributed by atoms with Gasteiger partial charge >= 0.3 is 5.97 Å². The quantitative estimate of drug-likeness (QED) is 0.262. The molecule has 1 aliphatic heterocycles. The highest BCUT2D eigenvalue weighted by molar-refractivity contribution is 5.83. The zero-order valence-corrected chi connectivity index (χ0v) is 21.0. The summed E-state index contributed by atoms with van der Waals surface area (Å²) < 4.78 is 11.0. The number of hydrogen-bond acceptors (Lipinski definition) is 7. The van der Waals surface area contributed by atoms with Gasteiger partial charge in [-0.15, -0.1) is 0 Å². The average molecular weight is 498 g/mol. The topological polar surface area (TPSA) is 120 Å². The minimum Gasteiger partial charge on any atom is -0.469 e. The highest BCUT2D eigenvalue weighted by Gasteiger charge is 2.57. The number of methoxy groups -OCH3 is 1. The molecule has 194 valence electrons. The molecule has 0 bridgehead atoms. The first-order valence-electron chi connectivity index (χ1n) is 12.3. The molecule has 1 aliphatic rings. The van der Waals surface area contributed by atoms with Gasteiger partial charge in [0.1, 0.15) is 6.04 Å². The van der Waals surface area contributed by atoms with E-state index in [1.165, 1.54) is 7.11 Å². The lowest BCUT2D eigenvalue weighted by Gasteiger charge is -2.32. The number of benzene rings is 2. The van der Waals surface area contributed by atoms with Crippen LogP contribution in [0.5, 0.6) is 0 Å². The van der Waals surface area contributed by atoms with Gasteiger partial charge in [0, 0.05) is 11.5 Å². The van der Waals surface area contributed by atoms with Crippen LogP contribution >= 0.6 is 0 Å². The second kappa shape index (κ2) is 13.1. The molecule has 2 aromatic rings. The van der Waals surface area contributed by atoms with Gasteiger partial charge in [0.15, 0.2) is 0 Å². The third-order valence-corrected chi connectivity index (χ3v) is 6.89. The van der Waals surface area contributed by atoms with E-state index >= 15 is 0 Å². The molecule has 1 saturated heterocycles. The van der Waals surface area contributed by atoms with Crippen molar-refractivity contribution >= 4 is 11.9 Å². The number of rotatable bonds is 12. The zero-order valence-electron chi connectivity index (χ0n) is 21.0. The number of esters is 1. The van der Waals surface area contributed by atoms with Crippen LogP contribution in [0.1, 0.15) is 43.9 Å². The van der Waals surface area contributed by atoms with Gasteiger partial charge in [-0.1, -0.05) is 80.9 Å². The number of ether oxygens (including phenoxy) is 2. The lowest BCUT2D eigenvalue weighted by Crippen LogP contribution is -2.51. The number of carbonyl (C=O) groups is 2. The highest BCUT2D eigenvalue weighted by Crippen LogP contribution is 2.39. The number of hydrogen-bond donors (Lipinski definition) is 2. The number of carbonyl (C=O) groups excluding carboxylic acids is 2. The first kappa shape index (κ1) is 27.3. The van der Waals surface area contributed by atoms with Gasteiger partial charge in [-0.2, -0.15) is 0 Å². The zero-order chi connectivity index (χ0) is 26.1. The van der Waals surface area contributed by atoms with Gasteiger partial charge in [-0.05, 0) is 17.0 Å². The largest absolute Gasteiger partial charge is 0.469 e.